The molecule has 1 heterocycles. The first-order valence-electron chi connectivity index (χ1n) is 6.14. The number of nitrogens with zero attached hydrogens (tertiary/aromatic N) is 2. The third-order valence-corrected chi connectivity index (χ3v) is 3.43. The van der Waals surface area contributed by atoms with E-state index in [2.05, 4.69) is 15.3 Å². The minimum Gasteiger partial charge on any atom is -0.497 e. The molecular weight excluding hydrogens is 290 g/mol. The maximum absolute atomic E-state index is 11.9. The van der Waals surface area contributed by atoms with Crippen molar-refractivity contribution in [3.63, 3.8) is 0 Å². The number of aromatic nitrogens is 2. The maximum atomic E-state index is 11.9. The molecule has 0 aliphatic heterocycles. The standard InChI is InChI=1S/C14H15N3O3S/c1-19-10-4-5-11(12(8-10)20-2)17-13(18)9-21-14-15-6-3-7-16-14/h3-8H,9H2,1-2H3,(H,17,18). The molecule has 1 aromatic carbocycles. The zero-order valence-corrected chi connectivity index (χ0v) is 12.5. The summed E-state index contributed by atoms with van der Waals surface area (Å²) in [6, 6.07) is 6.93. The van der Waals surface area contributed by atoms with Crippen LogP contribution in [0.2, 0.25) is 0 Å². The van der Waals surface area contributed by atoms with Gasteiger partial charge >= 0.3 is 0 Å². The zero-order valence-electron chi connectivity index (χ0n) is 11.7. The largest absolute Gasteiger partial charge is 0.497 e. The van der Waals surface area contributed by atoms with Gasteiger partial charge in [0.05, 0.1) is 25.7 Å². The summed E-state index contributed by atoms with van der Waals surface area (Å²) in [5.41, 5.74) is 0.595. The summed E-state index contributed by atoms with van der Waals surface area (Å²) in [6.45, 7) is 0. The molecule has 0 radical (unpaired) electrons. The van der Waals surface area contributed by atoms with Crippen LogP contribution in [0.4, 0.5) is 5.69 Å². The third kappa shape index (κ3) is 4.35. The second-order valence-corrected chi connectivity index (χ2v) is 4.88. The van der Waals surface area contributed by atoms with E-state index in [9.17, 15) is 4.79 Å². The van der Waals surface area contributed by atoms with Crippen LogP contribution < -0.4 is 14.8 Å². The van der Waals surface area contributed by atoms with Crippen molar-refractivity contribution < 1.29 is 14.3 Å². The lowest BCUT2D eigenvalue weighted by Gasteiger charge is -2.11. The summed E-state index contributed by atoms with van der Waals surface area (Å²) in [5.74, 6) is 1.27. The minimum absolute atomic E-state index is 0.157. The van der Waals surface area contributed by atoms with E-state index < -0.39 is 0 Å². The first-order valence-corrected chi connectivity index (χ1v) is 7.13. The minimum atomic E-state index is -0.157. The number of ether oxygens (including phenoxy) is 2. The highest BCUT2D eigenvalue weighted by Crippen LogP contribution is 2.29. The zero-order chi connectivity index (χ0) is 15.1. The molecule has 6 nitrogen and oxygen atoms in total. The number of thioether (sulfide) groups is 1. The molecule has 7 heteroatoms. The Labute approximate surface area is 126 Å². The van der Waals surface area contributed by atoms with E-state index in [1.165, 1.54) is 18.9 Å². The Morgan fingerprint density at radius 1 is 1.24 bits per heavy atom. The van der Waals surface area contributed by atoms with Crippen LogP contribution in [0.1, 0.15) is 0 Å². The molecule has 0 aliphatic carbocycles. The Hall–Kier alpha value is -2.28. The van der Waals surface area contributed by atoms with Crippen LogP contribution in [0.15, 0.2) is 41.8 Å². The van der Waals surface area contributed by atoms with E-state index in [1.54, 1.807) is 43.8 Å². The molecule has 0 atom stereocenters. The highest BCUT2D eigenvalue weighted by Gasteiger charge is 2.10. The van der Waals surface area contributed by atoms with Crippen molar-refractivity contribution in [3.8, 4) is 11.5 Å². The average Bonchev–Trinajstić information content (AvgIpc) is 2.54. The molecule has 0 fully saturated rings. The molecule has 2 rings (SSSR count). The number of carbonyl (C=O) groups is 1. The van der Waals surface area contributed by atoms with Gasteiger partial charge in [-0.05, 0) is 18.2 Å². The third-order valence-electron chi connectivity index (χ3n) is 2.56. The lowest BCUT2D eigenvalue weighted by molar-refractivity contribution is -0.113. The summed E-state index contributed by atoms with van der Waals surface area (Å²) in [5, 5.41) is 3.35. The highest BCUT2D eigenvalue weighted by molar-refractivity contribution is 7.99. The summed E-state index contributed by atoms with van der Waals surface area (Å²) < 4.78 is 10.3. The Morgan fingerprint density at radius 2 is 2.00 bits per heavy atom. The van der Waals surface area contributed by atoms with E-state index in [1.807, 2.05) is 0 Å². The Balaban J connectivity index is 1.96. The van der Waals surface area contributed by atoms with Gasteiger partial charge in [-0.15, -0.1) is 0 Å². The molecule has 0 unspecified atom stereocenters. The molecule has 0 aliphatic rings. The topological polar surface area (TPSA) is 73.3 Å². The number of anilines is 1. The van der Waals surface area contributed by atoms with Crippen molar-refractivity contribution in [1.82, 2.24) is 9.97 Å². The first-order chi connectivity index (χ1) is 10.2. The second-order valence-electron chi connectivity index (χ2n) is 3.93. The molecule has 110 valence electrons. The highest BCUT2D eigenvalue weighted by atomic mass is 32.2. The summed E-state index contributed by atoms with van der Waals surface area (Å²) in [7, 11) is 3.11. The normalized spacial score (nSPS) is 10.0. The van der Waals surface area contributed by atoms with E-state index in [4.69, 9.17) is 9.47 Å². The number of rotatable bonds is 6. The number of carbonyl (C=O) groups excluding carboxylic acids is 1. The van der Waals surface area contributed by atoms with Gasteiger partial charge in [-0.1, -0.05) is 11.8 Å². The number of amides is 1. The fraction of sp³-hybridized carbons (Fsp3) is 0.214. The Morgan fingerprint density at radius 3 is 2.67 bits per heavy atom. The molecule has 1 N–H and O–H groups in total. The van der Waals surface area contributed by atoms with Crippen LogP contribution in [-0.2, 0) is 4.79 Å². The number of benzene rings is 1. The van der Waals surface area contributed by atoms with E-state index in [0.29, 0.717) is 22.3 Å². The van der Waals surface area contributed by atoms with Crippen LogP contribution in [0.3, 0.4) is 0 Å². The smallest absolute Gasteiger partial charge is 0.234 e. The monoisotopic (exact) mass is 305 g/mol. The van der Waals surface area contributed by atoms with Crippen molar-refractivity contribution >= 4 is 23.4 Å². The Bertz CT molecular complexity index is 608. The molecular formula is C14H15N3O3S. The van der Waals surface area contributed by atoms with Gasteiger partial charge in [-0.3, -0.25) is 4.79 Å². The van der Waals surface area contributed by atoms with Crippen LogP contribution >= 0.6 is 11.8 Å². The van der Waals surface area contributed by atoms with Gasteiger partial charge in [0.2, 0.25) is 5.91 Å². The predicted molar refractivity (Wildman–Crippen MR) is 80.9 cm³/mol. The van der Waals surface area contributed by atoms with Crippen molar-refractivity contribution in [2.45, 2.75) is 5.16 Å². The number of hydrogen-bond donors (Lipinski definition) is 1. The lowest BCUT2D eigenvalue weighted by Crippen LogP contribution is -2.15. The maximum Gasteiger partial charge on any atom is 0.234 e. The fourth-order valence-electron chi connectivity index (χ4n) is 1.58. The van der Waals surface area contributed by atoms with Gasteiger partial charge in [-0.2, -0.15) is 0 Å². The van der Waals surface area contributed by atoms with Gasteiger partial charge in [0.1, 0.15) is 11.5 Å². The molecule has 1 aromatic heterocycles. The predicted octanol–water partition coefficient (Wildman–Crippen LogP) is 2.22. The molecule has 21 heavy (non-hydrogen) atoms. The van der Waals surface area contributed by atoms with E-state index >= 15 is 0 Å². The van der Waals surface area contributed by atoms with Crippen molar-refractivity contribution in [2.75, 3.05) is 25.3 Å². The van der Waals surface area contributed by atoms with Gasteiger partial charge in [0.15, 0.2) is 5.16 Å². The quantitative estimate of drug-likeness (QED) is 0.651. The van der Waals surface area contributed by atoms with Gasteiger partial charge < -0.3 is 14.8 Å². The van der Waals surface area contributed by atoms with Crippen molar-refractivity contribution in [3.05, 3.63) is 36.7 Å². The number of hydrogen-bond acceptors (Lipinski definition) is 6. The van der Waals surface area contributed by atoms with Gasteiger partial charge in [-0.25, -0.2) is 9.97 Å². The summed E-state index contributed by atoms with van der Waals surface area (Å²) in [4.78, 5) is 20.0. The van der Waals surface area contributed by atoms with Crippen LogP contribution in [0.5, 0.6) is 11.5 Å². The van der Waals surface area contributed by atoms with Crippen molar-refractivity contribution in [2.24, 2.45) is 0 Å². The lowest BCUT2D eigenvalue weighted by atomic mass is 10.2. The Kier molecular flexibility index (Phi) is 5.39. The molecule has 2 aromatic rings. The summed E-state index contributed by atoms with van der Waals surface area (Å²) >= 11 is 1.27. The molecule has 0 bridgehead atoms. The molecule has 1 amide bonds. The number of nitrogens with one attached hydrogen (secondary N) is 1. The van der Waals surface area contributed by atoms with Crippen LogP contribution in [0.25, 0.3) is 0 Å². The molecule has 0 saturated carbocycles. The van der Waals surface area contributed by atoms with E-state index in [-0.39, 0.29) is 11.7 Å². The fourth-order valence-corrected chi connectivity index (χ4v) is 2.18. The first kappa shape index (κ1) is 15.1. The van der Waals surface area contributed by atoms with E-state index in [0.717, 1.165) is 0 Å². The van der Waals surface area contributed by atoms with Crippen LogP contribution in [-0.4, -0.2) is 35.8 Å². The number of methoxy groups -OCH3 is 2. The molecule has 0 saturated heterocycles. The average molecular weight is 305 g/mol. The van der Waals surface area contributed by atoms with Crippen molar-refractivity contribution in [1.29, 1.82) is 0 Å². The van der Waals surface area contributed by atoms with Gasteiger partial charge in [0.25, 0.3) is 0 Å². The SMILES string of the molecule is COc1ccc(NC(=O)CSc2ncccn2)c(OC)c1. The van der Waals surface area contributed by atoms with Gasteiger partial charge in [0, 0.05) is 18.5 Å². The molecule has 0 spiro atoms. The van der Waals surface area contributed by atoms with Crippen LogP contribution in [0, 0.1) is 0 Å². The summed E-state index contributed by atoms with van der Waals surface area (Å²) in [6.07, 6.45) is 3.28. The second kappa shape index (κ2) is 7.49.